The molecule has 4 nitrogen and oxygen atoms in total. The number of nitrogens with zero attached hydrogens (tertiary/aromatic N) is 1. The minimum atomic E-state index is -3.48. The summed E-state index contributed by atoms with van der Waals surface area (Å²) in [5.41, 5.74) is 0.701. The summed E-state index contributed by atoms with van der Waals surface area (Å²) in [6.45, 7) is 6.05. The van der Waals surface area contributed by atoms with Crippen molar-refractivity contribution in [2.24, 2.45) is 0 Å². The van der Waals surface area contributed by atoms with E-state index in [-0.39, 0.29) is 6.04 Å². The quantitative estimate of drug-likeness (QED) is 0.903. The fourth-order valence-electron chi connectivity index (χ4n) is 2.83. The number of benzene rings is 1. The predicted molar refractivity (Wildman–Crippen MR) is 86.3 cm³/mol. The molecule has 0 bridgehead atoms. The van der Waals surface area contributed by atoms with Gasteiger partial charge in [0, 0.05) is 24.2 Å². The SMILES string of the molecule is CCCN(C1CCCNC1)S(=O)(=O)c1ccc(Cl)cc1C. The van der Waals surface area contributed by atoms with Gasteiger partial charge in [0.15, 0.2) is 0 Å². The van der Waals surface area contributed by atoms with Crippen molar-refractivity contribution in [2.45, 2.75) is 44.0 Å². The van der Waals surface area contributed by atoms with E-state index in [4.69, 9.17) is 11.6 Å². The fourth-order valence-corrected chi connectivity index (χ4v) is 5.01. The lowest BCUT2D eigenvalue weighted by molar-refractivity contribution is 0.266. The van der Waals surface area contributed by atoms with Crippen molar-refractivity contribution >= 4 is 21.6 Å². The minimum absolute atomic E-state index is 0.0405. The molecule has 1 saturated heterocycles. The Morgan fingerprint density at radius 3 is 2.76 bits per heavy atom. The first-order valence-corrected chi connectivity index (χ1v) is 9.27. The maximum atomic E-state index is 13.0. The molecule has 1 aromatic rings. The van der Waals surface area contributed by atoms with E-state index in [1.165, 1.54) is 0 Å². The third-order valence-electron chi connectivity index (χ3n) is 3.85. The second-order valence-electron chi connectivity index (χ2n) is 5.53. The van der Waals surface area contributed by atoms with Gasteiger partial charge in [0.2, 0.25) is 10.0 Å². The van der Waals surface area contributed by atoms with Crippen molar-refractivity contribution in [3.8, 4) is 0 Å². The Kier molecular flexibility index (Phi) is 5.66. The Labute approximate surface area is 132 Å². The molecule has 118 valence electrons. The van der Waals surface area contributed by atoms with Crippen LogP contribution in [0.15, 0.2) is 23.1 Å². The predicted octanol–water partition coefficient (Wildman–Crippen LogP) is 2.80. The molecule has 0 spiro atoms. The molecular weight excluding hydrogens is 308 g/mol. The molecule has 1 aliphatic heterocycles. The van der Waals surface area contributed by atoms with Gasteiger partial charge in [-0.1, -0.05) is 18.5 Å². The number of halogens is 1. The van der Waals surface area contributed by atoms with Crippen LogP contribution in [0, 0.1) is 6.92 Å². The summed E-state index contributed by atoms with van der Waals surface area (Å²) in [6.07, 6.45) is 2.74. The third-order valence-corrected chi connectivity index (χ3v) is 6.19. The van der Waals surface area contributed by atoms with Crippen LogP contribution >= 0.6 is 11.6 Å². The number of hydrogen-bond acceptors (Lipinski definition) is 3. The van der Waals surface area contributed by atoms with Gasteiger partial charge in [0.1, 0.15) is 0 Å². The van der Waals surface area contributed by atoms with E-state index in [0.29, 0.717) is 22.0 Å². The van der Waals surface area contributed by atoms with Gasteiger partial charge in [-0.15, -0.1) is 0 Å². The number of nitrogens with one attached hydrogen (secondary N) is 1. The van der Waals surface area contributed by atoms with E-state index in [2.05, 4.69) is 5.32 Å². The Balaban J connectivity index is 2.36. The van der Waals surface area contributed by atoms with Crippen LogP contribution in [0.2, 0.25) is 5.02 Å². The van der Waals surface area contributed by atoms with Crippen LogP contribution in [0.3, 0.4) is 0 Å². The summed E-state index contributed by atoms with van der Waals surface area (Å²) in [5.74, 6) is 0. The second kappa shape index (κ2) is 7.09. The van der Waals surface area contributed by atoms with Gasteiger partial charge in [-0.25, -0.2) is 8.42 Å². The maximum absolute atomic E-state index is 13.0. The summed E-state index contributed by atoms with van der Waals surface area (Å²) in [7, 11) is -3.48. The van der Waals surface area contributed by atoms with Crippen LogP contribution in [-0.2, 0) is 10.0 Å². The zero-order chi connectivity index (χ0) is 15.5. The molecule has 1 heterocycles. The van der Waals surface area contributed by atoms with Gasteiger partial charge >= 0.3 is 0 Å². The fraction of sp³-hybridized carbons (Fsp3) is 0.600. The van der Waals surface area contributed by atoms with Crippen molar-refractivity contribution < 1.29 is 8.42 Å². The van der Waals surface area contributed by atoms with Crippen LogP contribution in [0.1, 0.15) is 31.7 Å². The molecular formula is C15H23ClN2O2S. The van der Waals surface area contributed by atoms with Crippen molar-refractivity contribution in [3.05, 3.63) is 28.8 Å². The molecule has 1 fully saturated rings. The summed E-state index contributed by atoms with van der Waals surface area (Å²) < 4.78 is 27.7. The van der Waals surface area contributed by atoms with Gasteiger partial charge in [-0.2, -0.15) is 4.31 Å². The summed E-state index contributed by atoms with van der Waals surface area (Å²) in [5, 5.41) is 3.86. The van der Waals surface area contributed by atoms with Crippen LogP contribution < -0.4 is 5.32 Å². The topological polar surface area (TPSA) is 49.4 Å². The summed E-state index contributed by atoms with van der Waals surface area (Å²) in [4.78, 5) is 0.367. The van der Waals surface area contributed by atoms with Crippen LogP contribution in [0.25, 0.3) is 0 Å². The van der Waals surface area contributed by atoms with Crippen molar-refractivity contribution in [2.75, 3.05) is 19.6 Å². The van der Waals surface area contributed by atoms with Crippen molar-refractivity contribution in [1.29, 1.82) is 0 Å². The summed E-state index contributed by atoms with van der Waals surface area (Å²) in [6, 6.07) is 5.01. The van der Waals surface area contributed by atoms with E-state index < -0.39 is 10.0 Å². The molecule has 6 heteroatoms. The number of sulfonamides is 1. The normalized spacial score (nSPS) is 19.9. The Hall–Kier alpha value is -0.620. The molecule has 2 rings (SSSR count). The number of aryl methyl sites for hydroxylation is 1. The molecule has 1 unspecified atom stereocenters. The Bertz CT molecular complexity index is 583. The standard InChI is InChI=1S/C15H23ClN2O2S/c1-3-9-18(14-5-4-8-17-11-14)21(19,20)15-7-6-13(16)10-12(15)2/h6-7,10,14,17H,3-5,8-9,11H2,1-2H3. The van der Waals surface area contributed by atoms with E-state index in [0.717, 1.165) is 32.4 Å². The van der Waals surface area contributed by atoms with E-state index in [1.54, 1.807) is 29.4 Å². The highest BCUT2D eigenvalue weighted by atomic mass is 35.5. The average molecular weight is 331 g/mol. The van der Waals surface area contributed by atoms with Gasteiger partial charge in [-0.05, 0) is 56.5 Å². The summed E-state index contributed by atoms with van der Waals surface area (Å²) >= 11 is 5.94. The molecule has 1 aliphatic rings. The van der Waals surface area contributed by atoms with Crippen LogP contribution in [0.5, 0.6) is 0 Å². The van der Waals surface area contributed by atoms with Crippen LogP contribution in [0.4, 0.5) is 0 Å². The van der Waals surface area contributed by atoms with E-state index in [1.807, 2.05) is 6.92 Å². The zero-order valence-electron chi connectivity index (χ0n) is 12.6. The molecule has 0 radical (unpaired) electrons. The first-order valence-electron chi connectivity index (χ1n) is 7.45. The first kappa shape index (κ1) is 16.7. The number of rotatable bonds is 5. The minimum Gasteiger partial charge on any atom is -0.315 e. The highest BCUT2D eigenvalue weighted by Crippen LogP contribution is 2.26. The zero-order valence-corrected chi connectivity index (χ0v) is 14.2. The van der Waals surface area contributed by atoms with Gasteiger partial charge in [0.25, 0.3) is 0 Å². The number of piperidine rings is 1. The molecule has 0 saturated carbocycles. The molecule has 1 N–H and O–H groups in total. The Morgan fingerprint density at radius 2 is 2.19 bits per heavy atom. The largest absolute Gasteiger partial charge is 0.315 e. The van der Waals surface area contributed by atoms with Crippen LogP contribution in [-0.4, -0.2) is 38.4 Å². The smallest absolute Gasteiger partial charge is 0.243 e. The van der Waals surface area contributed by atoms with E-state index >= 15 is 0 Å². The maximum Gasteiger partial charge on any atom is 0.243 e. The van der Waals surface area contributed by atoms with E-state index in [9.17, 15) is 8.42 Å². The highest BCUT2D eigenvalue weighted by Gasteiger charge is 2.32. The van der Waals surface area contributed by atoms with Gasteiger partial charge in [0.05, 0.1) is 4.90 Å². The Morgan fingerprint density at radius 1 is 1.43 bits per heavy atom. The third kappa shape index (κ3) is 3.77. The van der Waals surface area contributed by atoms with Crippen molar-refractivity contribution in [1.82, 2.24) is 9.62 Å². The molecule has 21 heavy (non-hydrogen) atoms. The van der Waals surface area contributed by atoms with Crippen molar-refractivity contribution in [3.63, 3.8) is 0 Å². The second-order valence-corrected chi connectivity index (χ2v) is 7.82. The number of hydrogen-bond donors (Lipinski definition) is 1. The lowest BCUT2D eigenvalue weighted by atomic mass is 10.1. The first-order chi connectivity index (χ1) is 9.96. The lowest BCUT2D eigenvalue weighted by Crippen LogP contribution is -2.49. The lowest BCUT2D eigenvalue weighted by Gasteiger charge is -2.34. The molecule has 0 amide bonds. The molecule has 0 aromatic heterocycles. The van der Waals surface area contributed by atoms with Gasteiger partial charge < -0.3 is 5.32 Å². The average Bonchev–Trinajstić information content (AvgIpc) is 2.45. The van der Waals surface area contributed by atoms with Gasteiger partial charge in [-0.3, -0.25) is 0 Å². The highest BCUT2D eigenvalue weighted by molar-refractivity contribution is 7.89. The monoisotopic (exact) mass is 330 g/mol. The molecule has 1 aromatic carbocycles. The molecule has 0 aliphatic carbocycles. The molecule has 1 atom stereocenters.